The zero-order valence-electron chi connectivity index (χ0n) is 8.94. The molecule has 2 aromatic rings. The van der Waals surface area contributed by atoms with Gasteiger partial charge in [-0.3, -0.25) is 9.36 Å². The lowest BCUT2D eigenvalue weighted by molar-refractivity contribution is 0.415. The van der Waals surface area contributed by atoms with Gasteiger partial charge in [-0.25, -0.2) is 4.98 Å². The highest BCUT2D eigenvalue weighted by Crippen LogP contribution is 2.16. The molecule has 0 amide bonds. The number of benzene rings is 1. The van der Waals surface area contributed by atoms with Gasteiger partial charge in [0.15, 0.2) is 0 Å². The van der Waals surface area contributed by atoms with Gasteiger partial charge in [0.2, 0.25) is 0 Å². The molecule has 2 rings (SSSR count). The van der Waals surface area contributed by atoms with Crippen molar-refractivity contribution in [1.29, 1.82) is 0 Å². The maximum absolute atomic E-state index is 11.9. The van der Waals surface area contributed by atoms with Crippen LogP contribution in [0.5, 0.6) is 5.75 Å². The molecular weight excluding hydrogens is 192 g/mol. The molecule has 0 bridgehead atoms. The van der Waals surface area contributed by atoms with Crippen molar-refractivity contribution in [3.05, 3.63) is 34.4 Å². The van der Waals surface area contributed by atoms with E-state index in [9.17, 15) is 4.79 Å². The summed E-state index contributed by atoms with van der Waals surface area (Å²) in [6, 6.07) is 5.31. The Kier molecular flexibility index (Phi) is 2.19. The molecule has 0 saturated carbocycles. The van der Waals surface area contributed by atoms with Crippen LogP contribution in [0.25, 0.3) is 10.9 Å². The van der Waals surface area contributed by atoms with Gasteiger partial charge in [0.05, 0.1) is 18.0 Å². The Hall–Kier alpha value is -1.84. The summed E-state index contributed by atoms with van der Waals surface area (Å²) in [5, 5.41) is 0.586. The largest absolute Gasteiger partial charge is 0.497 e. The van der Waals surface area contributed by atoms with Crippen molar-refractivity contribution >= 4 is 10.9 Å². The summed E-state index contributed by atoms with van der Waals surface area (Å²) in [5.41, 5.74) is 0.660. The van der Waals surface area contributed by atoms with Crippen molar-refractivity contribution in [1.82, 2.24) is 9.55 Å². The van der Waals surface area contributed by atoms with E-state index in [4.69, 9.17) is 4.74 Å². The number of ether oxygens (including phenoxy) is 1. The lowest BCUT2D eigenvalue weighted by Gasteiger charge is -2.06. The number of rotatable bonds is 1. The molecule has 0 aliphatic carbocycles. The maximum Gasteiger partial charge on any atom is 0.261 e. The van der Waals surface area contributed by atoms with Crippen LogP contribution in [0.15, 0.2) is 23.0 Å². The summed E-state index contributed by atoms with van der Waals surface area (Å²) < 4.78 is 6.60. The van der Waals surface area contributed by atoms with Crippen molar-refractivity contribution < 1.29 is 4.74 Å². The van der Waals surface area contributed by atoms with Gasteiger partial charge in [0.1, 0.15) is 11.6 Å². The van der Waals surface area contributed by atoms with Gasteiger partial charge in [-0.15, -0.1) is 0 Å². The highest BCUT2D eigenvalue weighted by molar-refractivity contribution is 5.79. The Labute approximate surface area is 87.1 Å². The van der Waals surface area contributed by atoms with E-state index in [-0.39, 0.29) is 5.56 Å². The van der Waals surface area contributed by atoms with E-state index in [1.165, 1.54) is 4.57 Å². The predicted octanol–water partition coefficient (Wildman–Crippen LogP) is 1.25. The van der Waals surface area contributed by atoms with E-state index in [0.717, 1.165) is 0 Å². The van der Waals surface area contributed by atoms with Gasteiger partial charge in [-0.2, -0.15) is 0 Å². The first-order chi connectivity index (χ1) is 7.13. The zero-order valence-corrected chi connectivity index (χ0v) is 8.94. The summed E-state index contributed by atoms with van der Waals surface area (Å²) >= 11 is 0. The number of fused-ring (bicyclic) bond motifs is 1. The van der Waals surface area contributed by atoms with E-state index in [2.05, 4.69) is 4.98 Å². The van der Waals surface area contributed by atoms with Gasteiger partial charge >= 0.3 is 0 Å². The van der Waals surface area contributed by atoms with Crippen LogP contribution in [0.3, 0.4) is 0 Å². The summed E-state index contributed by atoms with van der Waals surface area (Å²) in [6.07, 6.45) is 0. The molecule has 1 heterocycles. The molecule has 0 unspecified atom stereocenters. The maximum atomic E-state index is 11.9. The molecular formula is C11H12N2O2. The number of hydrogen-bond donors (Lipinski definition) is 0. The van der Waals surface area contributed by atoms with Crippen molar-refractivity contribution in [2.24, 2.45) is 7.05 Å². The zero-order chi connectivity index (χ0) is 11.0. The SMILES string of the molecule is COc1ccc2nc(C)n(C)c(=O)c2c1. The van der Waals surface area contributed by atoms with Crippen LogP contribution in [0.1, 0.15) is 5.82 Å². The molecule has 1 aromatic heterocycles. The lowest BCUT2D eigenvalue weighted by Crippen LogP contribution is -2.20. The topological polar surface area (TPSA) is 44.1 Å². The molecule has 0 fully saturated rings. The van der Waals surface area contributed by atoms with Crippen molar-refractivity contribution in [3.8, 4) is 5.75 Å². The van der Waals surface area contributed by atoms with Gasteiger partial charge < -0.3 is 4.74 Å². The molecule has 0 aliphatic heterocycles. The van der Waals surface area contributed by atoms with Crippen LogP contribution in [-0.2, 0) is 7.05 Å². The molecule has 0 saturated heterocycles. The fourth-order valence-corrected chi connectivity index (χ4v) is 1.49. The van der Waals surface area contributed by atoms with E-state index in [1.54, 1.807) is 32.4 Å². The summed E-state index contributed by atoms with van der Waals surface area (Å²) in [7, 11) is 3.29. The molecule has 78 valence electrons. The van der Waals surface area contributed by atoms with Crippen LogP contribution in [0.4, 0.5) is 0 Å². The molecule has 0 spiro atoms. The minimum absolute atomic E-state index is 0.0450. The highest BCUT2D eigenvalue weighted by Gasteiger charge is 2.05. The Morgan fingerprint density at radius 1 is 1.40 bits per heavy atom. The smallest absolute Gasteiger partial charge is 0.261 e. The van der Waals surface area contributed by atoms with Crippen LogP contribution < -0.4 is 10.3 Å². The molecule has 4 nitrogen and oxygen atoms in total. The fraction of sp³-hybridized carbons (Fsp3) is 0.273. The summed E-state index contributed by atoms with van der Waals surface area (Å²) in [5.74, 6) is 1.38. The minimum atomic E-state index is -0.0450. The number of aryl methyl sites for hydroxylation is 1. The van der Waals surface area contributed by atoms with Crippen LogP contribution in [0.2, 0.25) is 0 Å². The monoisotopic (exact) mass is 204 g/mol. The van der Waals surface area contributed by atoms with Gasteiger partial charge in [-0.05, 0) is 25.1 Å². The average Bonchev–Trinajstić information content (AvgIpc) is 2.26. The van der Waals surface area contributed by atoms with Crippen LogP contribution in [0, 0.1) is 6.92 Å². The number of aromatic nitrogens is 2. The number of methoxy groups -OCH3 is 1. The Morgan fingerprint density at radius 3 is 2.80 bits per heavy atom. The quantitative estimate of drug-likeness (QED) is 0.702. The highest BCUT2D eigenvalue weighted by atomic mass is 16.5. The predicted molar refractivity (Wildman–Crippen MR) is 58.3 cm³/mol. The van der Waals surface area contributed by atoms with Gasteiger partial charge in [0.25, 0.3) is 5.56 Å². The molecule has 0 radical (unpaired) electrons. The molecule has 15 heavy (non-hydrogen) atoms. The summed E-state index contributed by atoms with van der Waals surface area (Å²) in [6.45, 7) is 1.81. The van der Waals surface area contributed by atoms with E-state index >= 15 is 0 Å². The van der Waals surface area contributed by atoms with E-state index in [0.29, 0.717) is 22.5 Å². The van der Waals surface area contributed by atoms with Crippen LogP contribution in [-0.4, -0.2) is 16.7 Å². The van der Waals surface area contributed by atoms with Crippen molar-refractivity contribution in [2.75, 3.05) is 7.11 Å². The third-order valence-corrected chi connectivity index (χ3v) is 2.51. The lowest BCUT2D eigenvalue weighted by atomic mass is 10.2. The van der Waals surface area contributed by atoms with Crippen LogP contribution >= 0.6 is 0 Å². The second-order valence-electron chi connectivity index (χ2n) is 3.41. The number of hydrogen-bond acceptors (Lipinski definition) is 3. The summed E-state index contributed by atoms with van der Waals surface area (Å²) in [4.78, 5) is 16.2. The first-order valence-electron chi connectivity index (χ1n) is 4.65. The van der Waals surface area contributed by atoms with E-state index in [1.807, 2.05) is 6.92 Å². The molecule has 0 atom stereocenters. The molecule has 1 aromatic carbocycles. The standard InChI is InChI=1S/C11H12N2O2/c1-7-12-10-5-4-8(15-3)6-9(10)11(14)13(7)2/h4-6H,1-3H3. The molecule has 4 heteroatoms. The Bertz CT molecular complexity index is 573. The second-order valence-corrected chi connectivity index (χ2v) is 3.41. The van der Waals surface area contributed by atoms with Gasteiger partial charge in [-0.1, -0.05) is 0 Å². The van der Waals surface area contributed by atoms with Gasteiger partial charge in [0, 0.05) is 7.05 Å². The number of nitrogens with zero attached hydrogens (tertiary/aromatic N) is 2. The third kappa shape index (κ3) is 1.48. The normalized spacial score (nSPS) is 10.6. The average molecular weight is 204 g/mol. The first-order valence-corrected chi connectivity index (χ1v) is 4.65. The Morgan fingerprint density at radius 2 is 2.13 bits per heavy atom. The fourth-order valence-electron chi connectivity index (χ4n) is 1.49. The van der Waals surface area contributed by atoms with E-state index < -0.39 is 0 Å². The molecule has 0 aliphatic rings. The van der Waals surface area contributed by atoms with Crippen molar-refractivity contribution in [2.45, 2.75) is 6.92 Å². The first kappa shape index (κ1) is 9.71. The second kappa shape index (κ2) is 3.38. The molecule has 0 N–H and O–H groups in total. The van der Waals surface area contributed by atoms with Crippen molar-refractivity contribution in [3.63, 3.8) is 0 Å². The minimum Gasteiger partial charge on any atom is -0.497 e. The third-order valence-electron chi connectivity index (χ3n) is 2.51. The Balaban J connectivity index is 2.88.